The molecule has 0 aromatic heterocycles. The molecule has 15 heavy (non-hydrogen) atoms. The smallest absolute Gasteiger partial charge is 0.408 e. The Labute approximate surface area is 84.3 Å². The fourth-order valence-corrected chi connectivity index (χ4v) is 1.40. The summed E-state index contributed by atoms with van der Waals surface area (Å²) in [5, 5.41) is 26.0. The van der Waals surface area contributed by atoms with Gasteiger partial charge >= 0.3 is 18.2 Å². The van der Waals surface area contributed by atoms with Gasteiger partial charge in [-0.15, -0.1) is 0 Å². The first-order chi connectivity index (χ1) is 6.93. The van der Waals surface area contributed by atoms with Crippen molar-refractivity contribution in [3.63, 3.8) is 0 Å². The zero-order valence-corrected chi connectivity index (χ0v) is 7.66. The van der Waals surface area contributed by atoms with Crippen molar-refractivity contribution in [2.75, 3.05) is 19.6 Å². The number of hydrogen-bond donors (Lipinski definition) is 3. The molecule has 1 atom stereocenters. The third-order valence-corrected chi connectivity index (χ3v) is 2.18. The molecule has 1 aliphatic rings. The van der Waals surface area contributed by atoms with E-state index in [9.17, 15) is 14.4 Å². The summed E-state index contributed by atoms with van der Waals surface area (Å²) in [5.41, 5.74) is 0. The Kier molecular flexibility index (Phi) is 2.98. The molecule has 2 amide bonds. The lowest BCUT2D eigenvalue weighted by atomic mass is 10.2. The molecule has 0 aliphatic carbocycles. The minimum Gasteiger partial charge on any atom is -0.480 e. The normalized spacial score (nSPS) is 21.2. The molecule has 0 aromatic rings. The average Bonchev–Trinajstić information content (AvgIpc) is 2.16. The topological polar surface area (TPSA) is 118 Å². The number of amides is 2. The molecule has 3 N–H and O–H groups in total. The van der Waals surface area contributed by atoms with E-state index in [1.165, 1.54) is 0 Å². The second-order valence-electron chi connectivity index (χ2n) is 3.06. The van der Waals surface area contributed by atoms with E-state index in [0.29, 0.717) is 0 Å². The zero-order valence-electron chi connectivity index (χ0n) is 7.66. The summed E-state index contributed by atoms with van der Waals surface area (Å²) in [6.45, 7) is -0.471. The van der Waals surface area contributed by atoms with E-state index in [0.717, 1.165) is 9.80 Å². The lowest BCUT2D eigenvalue weighted by Crippen LogP contribution is -2.58. The Morgan fingerprint density at radius 2 is 1.60 bits per heavy atom. The Bertz CT molecular complexity index is 304. The summed E-state index contributed by atoms with van der Waals surface area (Å²) in [7, 11) is 0. The molecule has 1 saturated heterocycles. The molecule has 0 saturated carbocycles. The number of piperazine rings is 1. The number of hydrogen-bond acceptors (Lipinski definition) is 3. The Balaban J connectivity index is 2.78. The van der Waals surface area contributed by atoms with Gasteiger partial charge in [-0.25, -0.2) is 14.4 Å². The van der Waals surface area contributed by atoms with Crippen LogP contribution in [0.3, 0.4) is 0 Å². The standard InChI is InChI=1S/C7H10N2O6/c10-5(11)4-3-8(6(12)13)1-2-9(4)7(14)15/h4H,1-3H2,(H,10,11)(H,12,13)(H,14,15)/t4-/m1/s1. The SMILES string of the molecule is O=C(O)[C@H]1CN(C(=O)O)CCN1C(=O)O. The molecule has 0 bridgehead atoms. The van der Waals surface area contributed by atoms with Gasteiger partial charge in [0.05, 0.1) is 6.54 Å². The molecule has 1 heterocycles. The van der Waals surface area contributed by atoms with Gasteiger partial charge in [0.1, 0.15) is 0 Å². The van der Waals surface area contributed by atoms with Crippen molar-refractivity contribution in [2.24, 2.45) is 0 Å². The second kappa shape index (κ2) is 4.03. The Hall–Kier alpha value is -1.99. The highest BCUT2D eigenvalue weighted by Crippen LogP contribution is 2.10. The second-order valence-corrected chi connectivity index (χ2v) is 3.06. The monoisotopic (exact) mass is 218 g/mol. The molecule has 1 fully saturated rings. The lowest BCUT2D eigenvalue weighted by molar-refractivity contribution is -0.144. The van der Waals surface area contributed by atoms with Gasteiger partial charge in [0.2, 0.25) is 0 Å². The summed E-state index contributed by atoms with van der Waals surface area (Å²) < 4.78 is 0. The highest BCUT2D eigenvalue weighted by Gasteiger charge is 2.36. The third kappa shape index (κ3) is 2.27. The highest BCUT2D eigenvalue weighted by atomic mass is 16.4. The van der Waals surface area contributed by atoms with Crippen LogP contribution < -0.4 is 0 Å². The molecule has 0 aromatic carbocycles. The summed E-state index contributed by atoms with van der Waals surface area (Å²) in [6, 6.07) is -1.33. The maximum atomic E-state index is 10.7. The first-order valence-electron chi connectivity index (χ1n) is 4.13. The number of carbonyl (C=O) groups is 3. The van der Waals surface area contributed by atoms with E-state index in [1.54, 1.807) is 0 Å². The molecule has 0 spiro atoms. The fraction of sp³-hybridized carbons (Fsp3) is 0.571. The van der Waals surface area contributed by atoms with Gasteiger partial charge in [-0.2, -0.15) is 0 Å². The maximum absolute atomic E-state index is 10.7. The van der Waals surface area contributed by atoms with Gasteiger partial charge < -0.3 is 20.2 Å². The van der Waals surface area contributed by atoms with Crippen molar-refractivity contribution in [1.82, 2.24) is 9.80 Å². The summed E-state index contributed by atoms with van der Waals surface area (Å²) in [5.74, 6) is -1.34. The molecule has 0 radical (unpaired) electrons. The van der Waals surface area contributed by atoms with Crippen molar-refractivity contribution >= 4 is 18.2 Å². The van der Waals surface area contributed by atoms with Crippen LogP contribution in [-0.2, 0) is 4.79 Å². The highest BCUT2D eigenvalue weighted by molar-refractivity contribution is 5.80. The van der Waals surface area contributed by atoms with Crippen LogP contribution in [0, 0.1) is 0 Å². The van der Waals surface area contributed by atoms with Gasteiger partial charge in [0.25, 0.3) is 0 Å². The predicted molar refractivity (Wildman–Crippen MR) is 45.8 cm³/mol. The van der Waals surface area contributed by atoms with Crippen LogP contribution in [0.2, 0.25) is 0 Å². The molecular formula is C7H10N2O6. The Morgan fingerprint density at radius 3 is 2.00 bits per heavy atom. The molecule has 84 valence electrons. The lowest BCUT2D eigenvalue weighted by Gasteiger charge is -2.36. The molecule has 0 unspecified atom stereocenters. The zero-order chi connectivity index (χ0) is 11.6. The van der Waals surface area contributed by atoms with Crippen molar-refractivity contribution in [1.29, 1.82) is 0 Å². The van der Waals surface area contributed by atoms with Crippen molar-refractivity contribution in [2.45, 2.75) is 6.04 Å². The van der Waals surface area contributed by atoms with E-state index in [4.69, 9.17) is 15.3 Å². The van der Waals surface area contributed by atoms with Crippen LogP contribution in [0.4, 0.5) is 9.59 Å². The summed E-state index contributed by atoms with van der Waals surface area (Å²) in [6.07, 6.45) is -2.60. The van der Waals surface area contributed by atoms with Crippen LogP contribution in [-0.4, -0.2) is 69.0 Å². The van der Waals surface area contributed by atoms with Crippen LogP contribution >= 0.6 is 0 Å². The molecule has 1 aliphatic heterocycles. The van der Waals surface area contributed by atoms with Gasteiger partial charge in [-0.05, 0) is 0 Å². The largest absolute Gasteiger partial charge is 0.480 e. The minimum absolute atomic E-state index is 0.00852. The Morgan fingerprint density at radius 1 is 1.00 bits per heavy atom. The van der Waals surface area contributed by atoms with Gasteiger partial charge in [0, 0.05) is 13.1 Å². The number of nitrogens with zero attached hydrogens (tertiary/aromatic N) is 2. The van der Waals surface area contributed by atoms with Crippen LogP contribution in [0.1, 0.15) is 0 Å². The van der Waals surface area contributed by atoms with E-state index >= 15 is 0 Å². The van der Waals surface area contributed by atoms with E-state index < -0.39 is 24.2 Å². The van der Waals surface area contributed by atoms with E-state index in [2.05, 4.69) is 0 Å². The average molecular weight is 218 g/mol. The number of rotatable bonds is 1. The summed E-state index contributed by atoms with van der Waals surface area (Å²) >= 11 is 0. The first-order valence-corrected chi connectivity index (χ1v) is 4.13. The number of carboxylic acids is 1. The fourth-order valence-electron chi connectivity index (χ4n) is 1.40. The predicted octanol–water partition coefficient (Wildman–Crippen LogP) is -0.587. The number of aliphatic carboxylic acids is 1. The molecule has 1 rings (SSSR count). The van der Waals surface area contributed by atoms with Gasteiger partial charge in [0.15, 0.2) is 6.04 Å². The molecular weight excluding hydrogens is 208 g/mol. The van der Waals surface area contributed by atoms with Gasteiger partial charge in [-0.1, -0.05) is 0 Å². The van der Waals surface area contributed by atoms with E-state index in [-0.39, 0.29) is 19.6 Å². The third-order valence-electron chi connectivity index (χ3n) is 2.18. The van der Waals surface area contributed by atoms with Crippen molar-refractivity contribution in [3.05, 3.63) is 0 Å². The minimum atomic E-state index is -1.35. The summed E-state index contributed by atoms with van der Waals surface area (Å²) in [4.78, 5) is 33.5. The van der Waals surface area contributed by atoms with E-state index in [1.807, 2.05) is 0 Å². The number of carboxylic acid groups (broad SMARTS) is 3. The molecule has 8 nitrogen and oxygen atoms in total. The van der Waals surface area contributed by atoms with Crippen LogP contribution in [0.5, 0.6) is 0 Å². The molecule has 8 heteroatoms. The first kappa shape index (κ1) is 11.1. The van der Waals surface area contributed by atoms with Crippen LogP contribution in [0.15, 0.2) is 0 Å². The quantitative estimate of drug-likeness (QED) is 0.541. The van der Waals surface area contributed by atoms with Crippen molar-refractivity contribution in [3.8, 4) is 0 Å². The van der Waals surface area contributed by atoms with Gasteiger partial charge in [-0.3, -0.25) is 4.90 Å². The van der Waals surface area contributed by atoms with Crippen LogP contribution in [0.25, 0.3) is 0 Å². The maximum Gasteiger partial charge on any atom is 0.408 e. The van der Waals surface area contributed by atoms with Crippen molar-refractivity contribution < 1.29 is 29.7 Å².